The maximum atomic E-state index is 12.5. The molecule has 0 atom stereocenters. The molecule has 170 valence electrons. The summed E-state index contributed by atoms with van der Waals surface area (Å²) in [5.41, 5.74) is 2.15. The molecular formula is C24H30N4O3S. The van der Waals surface area contributed by atoms with Crippen LogP contribution < -0.4 is 9.47 Å². The third kappa shape index (κ3) is 6.03. The molecule has 1 heterocycles. The van der Waals surface area contributed by atoms with Gasteiger partial charge in [-0.15, -0.1) is 10.2 Å². The maximum absolute atomic E-state index is 12.5. The van der Waals surface area contributed by atoms with Gasteiger partial charge >= 0.3 is 0 Å². The normalized spacial score (nSPS) is 10.8. The fourth-order valence-corrected chi connectivity index (χ4v) is 4.28. The topological polar surface area (TPSA) is 69.5 Å². The third-order valence-corrected chi connectivity index (χ3v) is 6.20. The summed E-state index contributed by atoms with van der Waals surface area (Å²) in [5, 5.41) is 9.36. The van der Waals surface area contributed by atoms with Gasteiger partial charge in [0.2, 0.25) is 5.91 Å². The highest BCUT2D eigenvalue weighted by Gasteiger charge is 2.13. The summed E-state index contributed by atoms with van der Waals surface area (Å²) >= 11 is 1.63. The number of hydrogen-bond donors (Lipinski definition) is 0. The molecule has 3 aromatic rings. The molecular weight excluding hydrogens is 424 g/mol. The summed E-state index contributed by atoms with van der Waals surface area (Å²) in [4.78, 5) is 14.3. The Morgan fingerprint density at radius 1 is 1.06 bits per heavy atom. The van der Waals surface area contributed by atoms with Crippen molar-refractivity contribution >= 4 is 17.7 Å². The lowest BCUT2D eigenvalue weighted by molar-refractivity contribution is -0.129. The lowest BCUT2D eigenvalue weighted by Gasteiger charge is -2.17. The third-order valence-electron chi connectivity index (χ3n) is 5.19. The Balaban J connectivity index is 1.45. The first-order valence-electron chi connectivity index (χ1n) is 10.6. The molecule has 0 aliphatic carbocycles. The van der Waals surface area contributed by atoms with Gasteiger partial charge in [-0.05, 0) is 49.6 Å². The molecule has 1 amide bonds. The molecule has 1 aromatic heterocycles. The zero-order chi connectivity index (χ0) is 22.9. The Morgan fingerprint density at radius 3 is 2.53 bits per heavy atom. The second-order valence-electron chi connectivity index (χ2n) is 7.41. The minimum atomic E-state index is 0.145. The number of carbonyl (C=O) groups is 1. The fraction of sp³-hybridized carbons (Fsp3) is 0.375. The van der Waals surface area contributed by atoms with Crippen LogP contribution in [0.25, 0.3) is 5.69 Å². The first-order valence-corrected chi connectivity index (χ1v) is 11.6. The number of thioether (sulfide) groups is 1. The van der Waals surface area contributed by atoms with Gasteiger partial charge in [0, 0.05) is 31.5 Å². The Bertz CT molecular complexity index is 1020. The van der Waals surface area contributed by atoms with E-state index >= 15 is 0 Å². The number of amides is 1. The van der Waals surface area contributed by atoms with Crippen LogP contribution in [-0.2, 0) is 11.2 Å². The highest BCUT2D eigenvalue weighted by Crippen LogP contribution is 2.28. The van der Waals surface area contributed by atoms with Crippen LogP contribution in [0.15, 0.2) is 53.7 Å². The minimum Gasteiger partial charge on any atom is -0.493 e. The maximum Gasteiger partial charge on any atom is 0.222 e. The van der Waals surface area contributed by atoms with Crippen molar-refractivity contribution in [1.29, 1.82) is 0 Å². The highest BCUT2D eigenvalue weighted by atomic mass is 32.2. The van der Waals surface area contributed by atoms with Crippen LogP contribution in [0.1, 0.15) is 24.2 Å². The second kappa shape index (κ2) is 11.6. The molecule has 3 rings (SSSR count). The summed E-state index contributed by atoms with van der Waals surface area (Å²) in [6.45, 7) is 2.60. The van der Waals surface area contributed by atoms with E-state index in [9.17, 15) is 4.79 Å². The van der Waals surface area contributed by atoms with Gasteiger partial charge in [-0.1, -0.05) is 36.0 Å². The number of ether oxygens (including phenoxy) is 2. The van der Waals surface area contributed by atoms with E-state index < -0.39 is 0 Å². The van der Waals surface area contributed by atoms with Crippen LogP contribution >= 0.6 is 11.8 Å². The second-order valence-corrected chi connectivity index (χ2v) is 8.47. The molecule has 0 radical (unpaired) electrons. The number of nitrogens with zero attached hydrogens (tertiary/aromatic N) is 4. The van der Waals surface area contributed by atoms with E-state index in [2.05, 4.69) is 10.2 Å². The van der Waals surface area contributed by atoms with Crippen molar-refractivity contribution in [1.82, 2.24) is 19.7 Å². The number of aromatic nitrogens is 3. The zero-order valence-electron chi connectivity index (χ0n) is 19.1. The summed E-state index contributed by atoms with van der Waals surface area (Å²) < 4.78 is 12.7. The quantitative estimate of drug-likeness (QED) is 0.320. The Morgan fingerprint density at radius 2 is 1.81 bits per heavy atom. The standard InChI is InChI=1S/C24H30N4O3S/c1-18-25-26-24(28(18)20-9-6-5-7-10-20)32-16-8-11-23(29)27(2)15-14-19-12-13-21(30-3)22(17-19)31-4/h5-7,9-10,12-13,17H,8,11,14-16H2,1-4H3. The zero-order valence-corrected chi connectivity index (χ0v) is 19.9. The lowest BCUT2D eigenvalue weighted by atomic mass is 10.1. The number of para-hydroxylation sites is 1. The largest absolute Gasteiger partial charge is 0.493 e. The number of carbonyl (C=O) groups excluding carboxylic acids is 1. The van der Waals surface area contributed by atoms with Gasteiger partial charge in [-0.3, -0.25) is 9.36 Å². The number of likely N-dealkylation sites (N-methyl/N-ethyl adjacent to an activating group) is 1. The fourth-order valence-electron chi connectivity index (χ4n) is 3.35. The molecule has 7 nitrogen and oxygen atoms in total. The number of benzene rings is 2. The van der Waals surface area contributed by atoms with Gasteiger partial charge in [0.15, 0.2) is 16.7 Å². The number of hydrogen-bond acceptors (Lipinski definition) is 6. The van der Waals surface area contributed by atoms with Crippen LogP contribution in [0.3, 0.4) is 0 Å². The molecule has 0 spiro atoms. The number of methoxy groups -OCH3 is 2. The molecule has 0 bridgehead atoms. The molecule has 0 N–H and O–H groups in total. The van der Waals surface area contributed by atoms with Gasteiger partial charge in [0.25, 0.3) is 0 Å². The average Bonchev–Trinajstić information content (AvgIpc) is 3.20. The average molecular weight is 455 g/mol. The first-order chi connectivity index (χ1) is 15.5. The van der Waals surface area contributed by atoms with Crippen LogP contribution in [0, 0.1) is 6.92 Å². The smallest absolute Gasteiger partial charge is 0.222 e. The van der Waals surface area contributed by atoms with Crippen molar-refractivity contribution in [2.45, 2.75) is 31.3 Å². The van der Waals surface area contributed by atoms with E-state index in [4.69, 9.17) is 9.47 Å². The molecule has 0 unspecified atom stereocenters. The first kappa shape index (κ1) is 23.7. The Kier molecular flexibility index (Phi) is 8.56. The summed E-state index contributed by atoms with van der Waals surface area (Å²) in [7, 11) is 5.10. The van der Waals surface area contributed by atoms with Crippen LogP contribution in [0.5, 0.6) is 11.5 Å². The van der Waals surface area contributed by atoms with Crippen molar-refractivity contribution in [3.63, 3.8) is 0 Å². The Hall–Kier alpha value is -3.00. The van der Waals surface area contributed by atoms with E-state index in [1.807, 2.05) is 67.1 Å². The lowest BCUT2D eigenvalue weighted by Crippen LogP contribution is -2.28. The monoisotopic (exact) mass is 454 g/mol. The van der Waals surface area contributed by atoms with Gasteiger partial charge in [0.05, 0.1) is 14.2 Å². The molecule has 0 aliphatic heterocycles. The number of aryl methyl sites for hydroxylation is 1. The van der Waals surface area contributed by atoms with Gasteiger partial charge in [0.1, 0.15) is 5.82 Å². The van der Waals surface area contributed by atoms with Gasteiger partial charge in [-0.25, -0.2) is 0 Å². The summed E-state index contributed by atoms with van der Waals surface area (Å²) in [5.74, 6) is 3.21. The molecule has 0 saturated carbocycles. The van der Waals surface area contributed by atoms with Gasteiger partial charge in [-0.2, -0.15) is 0 Å². The van der Waals surface area contributed by atoms with E-state index in [1.165, 1.54) is 0 Å². The van der Waals surface area contributed by atoms with E-state index in [1.54, 1.807) is 30.9 Å². The molecule has 0 aliphatic rings. The summed E-state index contributed by atoms with van der Waals surface area (Å²) in [6.07, 6.45) is 2.05. The molecule has 0 fully saturated rings. The van der Waals surface area contributed by atoms with E-state index in [0.717, 1.165) is 40.8 Å². The number of rotatable bonds is 11. The predicted octanol–water partition coefficient (Wildman–Crippen LogP) is 4.17. The summed E-state index contributed by atoms with van der Waals surface area (Å²) in [6, 6.07) is 15.9. The molecule has 0 saturated heterocycles. The predicted molar refractivity (Wildman–Crippen MR) is 127 cm³/mol. The SMILES string of the molecule is COc1ccc(CCN(C)C(=O)CCCSc2nnc(C)n2-c2ccccc2)cc1OC. The molecule has 8 heteroatoms. The highest BCUT2D eigenvalue weighted by molar-refractivity contribution is 7.99. The van der Waals surface area contributed by atoms with Crippen molar-refractivity contribution in [3.05, 3.63) is 59.9 Å². The van der Waals surface area contributed by atoms with Gasteiger partial charge < -0.3 is 14.4 Å². The van der Waals surface area contributed by atoms with Crippen LogP contribution in [0.4, 0.5) is 0 Å². The van der Waals surface area contributed by atoms with E-state index in [-0.39, 0.29) is 5.91 Å². The van der Waals surface area contributed by atoms with Crippen molar-refractivity contribution in [2.75, 3.05) is 33.6 Å². The van der Waals surface area contributed by atoms with Crippen LogP contribution in [0.2, 0.25) is 0 Å². The van der Waals surface area contributed by atoms with Crippen molar-refractivity contribution in [3.8, 4) is 17.2 Å². The molecule has 32 heavy (non-hydrogen) atoms. The van der Waals surface area contributed by atoms with E-state index in [0.29, 0.717) is 24.5 Å². The molecule has 2 aromatic carbocycles. The van der Waals surface area contributed by atoms with Crippen molar-refractivity contribution < 1.29 is 14.3 Å². The minimum absolute atomic E-state index is 0.145. The van der Waals surface area contributed by atoms with Crippen LogP contribution in [-0.4, -0.2) is 59.1 Å². The Labute approximate surface area is 193 Å². The van der Waals surface area contributed by atoms with Crippen molar-refractivity contribution in [2.24, 2.45) is 0 Å².